The second kappa shape index (κ2) is 10.2. The number of hydrogen-bond acceptors (Lipinski definition) is 0. The van der Waals surface area contributed by atoms with Gasteiger partial charge in [0.05, 0.1) is 0 Å². The van der Waals surface area contributed by atoms with Crippen molar-refractivity contribution in [3.63, 3.8) is 0 Å². The molecule has 0 bridgehead atoms. The van der Waals surface area contributed by atoms with Gasteiger partial charge in [0.25, 0.3) is 0 Å². The zero-order chi connectivity index (χ0) is 36.8. The van der Waals surface area contributed by atoms with Gasteiger partial charge < -0.3 is 0 Å². The van der Waals surface area contributed by atoms with Crippen molar-refractivity contribution in [2.75, 3.05) is 6.67 Å². The molecule has 0 rings (SSSR count). The third-order valence-electron chi connectivity index (χ3n) is 5.20. The van der Waals surface area contributed by atoms with Crippen molar-refractivity contribution in [3.8, 4) is 0 Å². The summed E-state index contributed by atoms with van der Waals surface area (Å²) in [6.45, 7) is -4.33. The smallest absolute Gasteiger partial charge is 0.244 e. The number of halogens is 29. The maximum atomic E-state index is 13.6. The Kier molecular flexibility index (Phi) is 9.76. The molecule has 44 heavy (non-hydrogen) atoms. The molecular weight excluding hydrogens is 731 g/mol. The van der Waals surface area contributed by atoms with Crippen molar-refractivity contribution < 1.29 is 127 Å². The monoisotopic (exact) mass is 733 g/mol. The molecule has 0 fully saturated rings. The molecule has 0 aliphatic carbocycles. The maximum Gasteiger partial charge on any atom is 0.385 e. The fourth-order valence-corrected chi connectivity index (χ4v) is 2.40. The number of rotatable bonds is 14. The lowest BCUT2D eigenvalue weighted by atomic mass is 9.83. The molecule has 0 saturated heterocycles. The Morgan fingerprint density at radius 2 is 0.432 bits per heavy atom. The fourth-order valence-electron chi connectivity index (χ4n) is 2.40. The molecule has 29 heteroatoms. The van der Waals surface area contributed by atoms with Crippen molar-refractivity contribution >= 4 is 0 Å². The van der Waals surface area contributed by atoms with Crippen LogP contribution >= 0.6 is 0 Å². The van der Waals surface area contributed by atoms with Gasteiger partial charge in [0.2, 0.25) is 0 Å². The first kappa shape index (κ1) is 42.0. The zero-order valence-corrected chi connectivity index (χ0v) is 18.7. The molecule has 0 aromatic heterocycles. The van der Waals surface area contributed by atoms with Gasteiger partial charge in [0.15, 0.2) is 6.67 Å². The Balaban J connectivity index is 7.49. The molecule has 0 aromatic carbocycles. The quantitative estimate of drug-likeness (QED) is 0.156. The van der Waals surface area contributed by atoms with Gasteiger partial charge in [-0.05, 0) is 0 Å². The van der Waals surface area contributed by atoms with Crippen molar-refractivity contribution in [1.82, 2.24) is 0 Å². The molecule has 265 valence electrons. The van der Waals surface area contributed by atoms with Gasteiger partial charge in [-0.3, -0.25) is 0 Å². The fraction of sp³-hybridized carbons (Fsp3) is 0.933. The Labute approximate surface area is 219 Å². The molecule has 0 atom stereocenters. The second-order valence-electron chi connectivity index (χ2n) is 7.99. The highest BCUT2D eigenvalue weighted by Gasteiger charge is 3.00. The van der Waals surface area contributed by atoms with E-state index in [2.05, 4.69) is 0 Å². The summed E-state index contributed by atoms with van der Waals surface area (Å²) in [4.78, 5) is 0. The molecule has 0 unspecified atom stereocenters. The van der Waals surface area contributed by atoms with E-state index < -0.39 is 90.1 Å². The SMILES string of the molecule is FCC(F)(F)C(F)(F)C(F)(F)C(F)(F)C(F)(F)C(F)(F)C(F)(F)C(F)(F)C(F)(F)C(F)(F)C(F)(F)C(F)(F)C(F)(F)[C](F)F. The van der Waals surface area contributed by atoms with E-state index in [1.807, 2.05) is 0 Å². The summed E-state index contributed by atoms with van der Waals surface area (Å²) < 4.78 is 381. The molecule has 0 N–H and O–H groups in total. The third kappa shape index (κ3) is 4.59. The van der Waals surface area contributed by atoms with Gasteiger partial charge in [-0.2, -0.15) is 123 Å². The van der Waals surface area contributed by atoms with Crippen LogP contribution in [-0.4, -0.2) is 83.7 Å². The van der Waals surface area contributed by atoms with Crippen LogP contribution in [0.3, 0.4) is 0 Å². The minimum Gasteiger partial charge on any atom is -0.244 e. The van der Waals surface area contributed by atoms with Crippen molar-refractivity contribution in [3.05, 3.63) is 6.43 Å². The van der Waals surface area contributed by atoms with Crippen LogP contribution in [0.2, 0.25) is 0 Å². The van der Waals surface area contributed by atoms with Gasteiger partial charge in [0, 0.05) is 0 Å². The maximum absolute atomic E-state index is 13.6. The van der Waals surface area contributed by atoms with Crippen molar-refractivity contribution in [2.24, 2.45) is 0 Å². The highest BCUT2D eigenvalue weighted by molar-refractivity contribution is 5.21. The van der Waals surface area contributed by atoms with E-state index in [1.54, 1.807) is 0 Å². The first-order valence-corrected chi connectivity index (χ1v) is 9.16. The van der Waals surface area contributed by atoms with E-state index in [0.29, 0.717) is 0 Å². The molecule has 0 aromatic rings. The van der Waals surface area contributed by atoms with Crippen LogP contribution in [0.25, 0.3) is 0 Å². The average Bonchev–Trinajstić information content (AvgIpc) is 2.82. The van der Waals surface area contributed by atoms with E-state index >= 15 is 0 Å². The molecule has 0 spiro atoms. The Morgan fingerprint density at radius 3 is 0.591 bits per heavy atom. The molecular formula is C15H2F29. The van der Waals surface area contributed by atoms with Crippen LogP contribution in [0.5, 0.6) is 0 Å². The lowest BCUT2D eigenvalue weighted by Gasteiger charge is -2.46. The van der Waals surface area contributed by atoms with Crippen LogP contribution in [0.15, 0.2) is 0 Å². The summed E-state index contributed by atoms with van der Waals surface area (Å²) in [5, 5.41) is 0. The molecule has 0 amide bonds. The molecule has 0 saturated carbocycles. The third-order valence-corrected chi connectivity index (χ3v) is 5.20. The number of hydrogen-bond donors (Lipinski definition) is 0. The van der Waals surface area contributed by atoms with E-state index in [-0.39, 0.29) is 0 Å². The van der Waals surface area contributed by atoms with E-state index in [1.165, 1.54) is 0 Å². The van der Waals surface area contributed by atoms with Gasteiger partial charge in [-0.15, -0.1) is 0 Å². The lowest BCUT2D eigenvalue weighted by Crippen LogP contribution is -2.79. The molecule has 0 aliphatic heterocycles. The summed E-state index contributed by atoms with van der Waals surface area (Å²) >= 11 is 0. The van der Waals surface area contributed by atoms with E-state index in [4.69, 9.17) is 0 Å². The summed E-state index contributed by atoms with van der Waals surface area (Å²) in [5.41, 5.74) is 0. The zero-order valence-electron chi connectivity index (χ0n) is 18.7. The van der Waals surface area contributed by atoms with Crippen LogP contribution in [0, 0.1) is 6.43 Å². The van der Waals surface area contributed by atoms with E-state index in [9.17, 15) is 127 Å². The first-order valence-electron chi connectivity index (χ1n) is 9.16. The van der Waals surface area contributed by atoms with Gasteiger partial charge >= 0.3 is 83.4 Å². The highest BCUT2D eigenvalue weighted by atomic mass is 19.4. The lowest BCUT2D eigenvalue weighted by molar-refractivity contribution is -0.482. The Bertz CT molecular complexity index is 1030. The van der Waals surface area contributed by atoms with Crippen molar-refractivity contribution in [1.29, 1.82) is 0 Å². The molecule has 0 heterocycles. The van der Waals surface area contributed by atoms with Gasteiger partial charge in [-0.1, -0.05) is 0 Å². The van der Waals surface area contributed by atoms with E-state index in [0.717, 1.165) is 0 Å². The second-order valence-corrected chi connectivity index (χ2v) is 7.99. The average molecular weight is 733 g/mol. The minimum absolute atomic E-state index is 4.33. The summed E-state index contributed by atoms with van der Waals surface area (Å²) in [6.07, 6.45) is -5.47. The van der Waals surface area contributed by atoms with Crippen LogP contribution < -0.4 is 0 Å². The Hall–Kier alpha value is -2.03. The Morgan fingerprint density at radius 1 is 0.273 bits per heavy atom. The highest BCUT2D eigenvalue weighted by Crippen LogP contribution is 2.68. The normalized spacial score (nSPS) is 17.0. The molecule has 0 aliphatic rings. The molecule has 0 nitrogen and oxygen atoms in total. The van der Waals surface area contributed by atoms with Gasteiger partial charge in [-0.25, -0.2) is 4.39 Å². The van der Waals surface area contributed by atoms with Crippen LogP contribution in [-0.2, 0) is 0 Å². The first-order chi connectivity index (χ1) is 18.5. The molecule has 1 radical (unpaired) electrons. The summed E-state index contributed by atoms with van der Waals surface area (Å²) in [5.74, 6) is -119. The van der Waals surface area contributed by atoms with Crippen molar-refractivity contribution in [2.45, 2.75) is 77.0 Å². The summed E-state index contributed by atoms with van der Waals surface area (Å²) in [6, 6.07) is 0. The summed E-state index contributed by atoms with van der Waals surface area (Å²) in [7, 11) is 0. The predicted molar refractivity (Wildman–Crippen MR) is 75.7 cm³/mol. The standard InChI is InChI=1S/C15H2F29/c16-1-3(19,20)5(23,24)7(27,28)9(31,32)11(35,36)13(39,40)15(43,44)14(41,42)12(37,38)10(33,34)8(29,30)6(25,26)4(21,22)2(17)18/h1H2. The minimum atomic E-state index is -9.88. The largest absolute Gasteiger partial charge is 0.385 e. The van der Waals surface area contributed by atoms with Crippen LogP contribution in [0.4, 0.5) is 127 Å². The predicted octanol–water partition coefficient (Wildman–Crippen LogP) is 9.64. The van der Waals surface area contributed by atoms with Crippen LogP contribution in [0.1, 0.15) is 0 Å². The number of alkyl halides is 27. The topological polar surface area (TPSA) is 0 Å². The van der Waals surface area contributed by atoms with Gasteiger partial charge in [0.1, 0.15) is 0 Å².